The zero-order chi connectivity index (χ0) is 21.3. The number of hydrogen-bond donors (Lipinski definition) is 3. The lowest BCUT2D eigenvalue weighted by Crippen LogP contribution is -2.56. The number of hydrazine groups is 1. The standard InChI is InChI=1S/C21H25BN4O3/c1-13-8-14(2)10-16(9-13)20(28)26(21(3,4)5)24-19(27)15-6-7-18-17(11-15)12-23-25-22(18)29/h6-12,25,29H,1-5H3,(H,24,27). The summed E-state index contributed by atoms with van der Waals surface area (Å²) in [4.78, 5) is 26.1. The van der Waals surface area contributed by atoms with Crippen molar-refractivity contribution in [2.24, 2.45) is 5.10 Å². The average molecular weight is 392 g/mol. The summed E-state index contributed by atoms with van der Waals surface area (Å²) in [6, 6.07) is 10.5. The number of hydrogen-bond acceptors (Lipinski definition) is 5. The molecule has 3 rings (SSSR count). The predicted octanol–water partition coefficient (Wildman–Crippen LogP) is 1.51. The normalized spacial score (nSPS) is 12.8. The first-order chi connectivity index (χ1) is 13.6. The SMILES string of the molecule is Cc1cc(C)cc(C(=O)N(NC(=O)c2ccc3c(c2)C=NNB3O)C(C)(C)C)c1. The third-order valence-electron chi connectivity index (χ3n) is 4.60. The van der Waals surface area contributed by atoms with E-state index in [4.69, 9.17) is 0 Å². The van der Waals surface area contributed by atoms with Gasteiger partial charge >= 0.3 is 7.05 Å². The van der Waals surface area contributed by atoms with E-state index in [9.17, 15) is 14.6 Å². The minimum atomic E-state index is -0.913. The third kappa shape index (κ3) is 4.48. The smallest absolute Gasteiger partial charge is 0.428 e. The molecule has 0 saturated heterocycles. The lowest BCUT2D eigenvalue weighted by molar-refractivity contribution is 0.0358. The molecule has 1 heterocycles. The molecule has 0 radical (unpaired) electrons. The van der Waals surface area contributed by atoms with Crippen molar-refractivity contribution in [1.82, 2.24) is 15.8 Å². The van der Waals surface area contributed by atoms with E-state index in [0.29, 0.717) is 22.2 Å². The van der Waals surface area contributed by atoms with Crippen molar-refractivity contribution in [3.63, 3.8) is 0 Å². The van der Waals surface area contributed by atoms with Gasteiger partial charge in [0, 0.05) is 11.1 Å². The van der Waals surface area contributed by atoms with Crippen molar-refractivity contribution in [3.05, 3.63) is 64.2 Å². The fourth-order valence-electron chi connectivity index (χ4n) is 3.24. The van der Waals surface area contributed by atoms with Gasteiger partial charge in [-0.15, -0.1) is 0 Å². The molecule has 0 saturated carbocycles. The topological polar surface area (TPSA) is 94.0 Å². The van der Waals surface area contributed by atoms with Crippen molar-refractivity contribution in [2.75, 3.05) is 0 Å². The molecule has 0 spiro atoms. The summed E-state index contributed by atoms with van der Waals surface area (Å²) in [7, 11) is -0.913. The number of nitrogens with zero attached hydrogens (tertiary/aromatic N) is 2. The number of nitrogens with one attached hydrogen (secondary N) is 2. The Hall–Kier alpha value is -3.13. The van der Waals surface area contributed by atoms with Crippen LogP contribution in [0.4, 0.5) is 0 Å². The molecule has 2 amide bonds. The van der Waals surface area contributed by atoms with E-state index in [-0.39, 0.29) is 5.91 Å². The van der Waals surface area contributed by atoms with Crippen LogP contribution < -0.4 is 16.2 Å². The van der Waals surface area contributed by atoms with Crippen LogP contribution in [0.15, 0.2) is 41.5 Å². The van der Waals surface area contributed by atoms with Crippen molar-refractivity contribution < 1.29 is 14.6 Å². The van der Waals surface area contributed by atoms with Gasteiger partial charge in [-0.2, -0.15) is 5.10 Å². The van der Waals surface area contributed by atoms with Crippen LogP contribution in [0, 0.1) is 13.8 Å². The summed E-state index contributed by atoms with van der Waals surface area (Å²) in [5, 5.41) is 17.7. The number of fused-ring (bicyclic) bond motifs is 1. The van der Waals surface area contributed by atoms with Crippen LogP contribution in [0.1, 0.15) is 58.2 Å². The van der Waals surface area contributed by atoms with E-state index in [1.807, 2.05) is 52.8 Å². The van der Waals surface area contributed by atoms with Gasteiger partial charge in [0.15, 0.2) is 0 Å². The number of carbonyl (C=O) groups is 2. The second-order valence-electron chi connectivity index (χ2n) is 8.26. The maximum Gasteiger partial charge on any atom is 0.464 e. The van der Waals surface area contributed by atoms with Crippen LogP contribution in [0.3, 0.4) is 0 Å². The molecular weight excluding hydrogens is 367 g/mol. The van der Waals surface area contributed by atoms with Gasteiger partial charge in [0.2, 0.25) is 0 Å². The Balaban J connectivity index is 1.89. The van der Waals surface area contributed by atoms with Gasteiger partial charge in [0.25, 0.3) is 11.8 Å². The van der Waals surface area contributed by atoms with Gasteiger partial charge in [-0.25, -0.2) is 5.01 Å². The summed E-state index contributed by atoms with van der Waals surface area (Å²) < 4.78 is 0. The maximum atomic E-state index is 13.2. The van der Waals surface area contributed by atoms with Crippen LogP contribution in [-0.4, -0.2) is 40.7 Å². The number of hydrazone groups is 1. The van der Waals surface area contributed by atoms with Gasteiger partial charge in [-0.05, 0) is 69.9 Å². The minimum absolute atomic E-state index is 0.281. The van der Waals surface area contributed by atoms with Crippen LogP contribution >= 0.6 is 0 Å². The van der Waals surface area contributed by atoms with Crippen molar-refractivity contribution in [3.8, 4) is 0 Å². The van der Waals surface area contributed by atoms with E-state index in [1.54, 1.807) is 24.4 Å². The van der Waals surface area contributed by atoms with E-state index in [1.165, 1.54) is 5.01 Å². The molecule has 1 aliphatic rings. The Morgan fingerprint density at radius 1 is 1.07 bits per heavy atom. The molecule has 3 N–H and O–H groups in total. The summed E-state index contributed by atoms with van der Waals surface area (Å²) >= 11 is 0. The summed E-state index contributed by atoms with van der Waals surface area (Å²) in [6.07, 6.45) is 1.54. The summed E-state index contributed by atoms with van der Waals surface area (Å²) in [5.74, 6) is -0.696. The quantitative estimate of drug-likeness (QED) is 0.534. The summed E-state index contributed by atoms with van der Waals surface area (Å²) in [5.41, 5.74) is 6.24. The number of amides is 2. The van der Waals surface area contributed by atoms with Gasteiger partial charge in [-0.1, -0.05) is 23.3 Å². The molecule has 150 valence electrons. The van der Waals surface area contributed by atoms with Crippen LogP contribution in [-0.2, 0) is 0 Å². The van der Waals surface area contributed by atoms with Gasteiger partial charge in [0.1, 0.15) is 0 Å². The van der Waals surface area contributed by atoms with Gasteiger partial charge < -0.3 is 10.4 Å². The van der Waals surface area contributed by atoms with E-state index < -0.39 is 18.5 Å². The minimum Gasteiger partial charge on any atom is -0.428 e. The van der Waals surface area contributed by atoms with Gasteiger partial charge in [0.05, 0.1) is 11.8 Å². The predicted molar refractivity (Wildman–Crippen MR) is 114 cm³/mol. The van der Waals surface area contributed by atoms with Crippen LogP contribution in [0.5, 0.6) is 0 Å². The molecule has 0 bridgehead atoms. The lowest BCUT2D eigenvalue weighted by Gasteiger charge is -2.35. The number of carbonyl (C=O) groups excluding carboxylic acids is 2. The van der Waals surface area contributed by atoms with Crippen LogP contribution in [0.25, 0.3) is 0 Å². The highest BCUT2D eigenvalue weighted by Gasteiger charge is 2.30. The molecule has 0 atom stereocenters. The molecule has 0 aliphatic carbocycles. The molecule has 0 unspecified atom stereocenters. The maximum absolute atomic E-state index is 13.2. The molecule has 29 heavy (non-hydrogen) atoms. The highest BCUT2D eigenvalue weighted by Crippen LogP contribution is 2.18. The van der Waals surface area contributed by atoms with E-state index >= 15 is 0 Å². The second-order valence-corrected chi connectivity index (χ2v) is 8.26. The molecule has 2 aromatic rings. The molecule has 2 aromatic carbocycles. The first-order valence-corrected chi connectivity index (χ1v) is 9.41. The first-order valence-electron chi connectivity index (χ1n) is 9.41. The van der Waals surface area contributed by atoms with E-state index in [2.05, 4.69) is 15.9 Å². The zero-order valence-corrected chi connectivity index (χ0v) is 17.3. The molecular formula is C21H25BN4O3. The van der Waals surface area contributed by atoms with Crippen LogP contribution in [0.2, 0.25) is 0 Å². The Kier molecular flexibility index (Phi) is 5.48. The third-order valence-corrected chi connectivity index (χ3v) is 4.60. The fraction of sp³-hybridized carbons (Fsp3) is 0.286. The first kappa shape index (κ1) is 20.6. The Morgan fingerprint density at radius 3 is 2.34 bits per heavy atom. The summed E-state index contributed by atoms with van der Waals surface area (Å²) in [6.45, 7) is 9.43. The second kappa shape index (κ2) is 7.71. The average Bonchev–Trinajstić information content (AvgIpc) is 2.63. The monoisotopic (exact) mass is 392 g/mol. The van der Waals surface area contributed by atoms with Crippen molar-refractivity contribution in [1.29, 1.82) is 0 Å². The lowest BCUT2D eigenvalue weighted by atomic mass is 9.71. The zero-order valence-electron chi connectivity index (χ0n) is 17.3. The fourth-order valence-corrected chi connectivity index (χ4v) is 3.24. The molecule has 0 aromatic heterocycles. The highest BCUT2D eigenvalue weighted by atomic mass is 16.2. The molecule has 1 aliphatic heterocycles. The Bertz CT molecular complexity index is 978. The largest absolute Gasteiger partial charge is 0.464 e. The van der Waals surface area contributed by atoms with E-state index in [0.717, 1.165) is 11.1 Å². The number of rotatable bonds is 2. The number of benzene rings is 2. The Morgan fingerprint density at radius 2 is 1.72 bits per heavy atom. The number of aryl methyl sites for hydroxylation is 2. The Labute approximate surface area is 170 Å². The van der Waals surface area contributed by atoms with Crippen molar-refractivity contribution >= 4 is 30.5 Å². The molecule has 0 fully saturated rings. The molecule has 7 nitrogen and oxygen atoms in total. The van der Waals surface area contributed by atoms with Crippen molar-refractivity contribution in [2.45, 2.75) is 40.2 Å². The van der Waals surface area contributed by atoms with Gasteiger partial charge in [-0.3, -0.25) is 15.0 Å². The highest BCUT2D eigenvalue weighted by molar-refractivity contribution is 6.65. The molecule has 8 heteroatoms.